The van der Waals surface area contributed by atoms with E-state index in [0.717, 1.165) is 59.4 Å². The molecule has 4 aliphatic rings. The topological polar surface area (TPSA) is 6.48 Å². The fraction of sp³-hybridized carbons (Fsp3) is 1.00. The van der Waals surface area contributed by atoms with E-state index in [9.17, 15) is 0 Å². The van der Waals surface area contributed by atoms with Gasteiger partial charge in [0.2, 0.25) is 0 Å². The predicted octanol–water partition coefficient (Wildman–Crippen LogP) is 5.77. The summed E-state index contributed by atoms with van der Waals surface area (Å²) in [6.45, 7) is 20.3. The zero-order chi connectivity index (χ0) is 20.0. The van der Waals surface area contributed by atoms with Crippen molar-refractivity contribution in [3.05, 3.63) is 0 Å². The molecule has 2 aliphatic carbocycles. The highest BCUT2D eigenvalue weighted by molar-refractivity contribution is 4.97. The van der Waals surface area contributed by atoms with Crippen molar-refractivity contribution in [2.24, 2.45) is 47.3 Å². The lowest BCUT2D eigenvalue weighted by molar-refractivity contribution is -0.0521. The average molecular weight is 389 g/mol. The fourth-order valence-corrected chi connectivity index (χ4v) is 7.62. The van der Waals surface area contributed by atoms with Gasteiger partial charge in [-0.2, -0.15) is 0 Å². The van der Waals surface area contributed by atoms with Crippen molar-refractivity contribution in [3.8, 4) is 0 Å². The molecule has 0 radical (unpaired) electrons. The molecule has 2 saturated heterocycles. The maximum absolute atomic E-state index is 2.84. The Morgan fingerprint density at radius 3 is 1.36 bits per heavy atom. The van der Waals surface area contributed by atoms with Crippen LogP contribution in [0.4, 0.5) is 0 Å². The van der Waals surface area contributed by atoms with Gasteiger partial charge < -0.3 is 9.80 Å². The Morgan fingerprint density at radius 1 is 0.643 bits per heavy atom. The van der Waals surface area contributed by atoms with Crippen molar-refractivity contribution in [3.63, 3.8) is 0 Å². The lowest BCUT2D eigenvalue weighted by Crippen LogP contribution is -2.54. The molecule has 2 heterocycles. The molecule has 4 fully saturated rings. The summed E-state index contributed by atoms with van der Waals surface area (Å²) in [6.07, 6.45) is 8.75. The smallest absolute Gasteiger partial charge is 0.00676 e. The normalized spacial score (nSPS) is 41.1. The van der Waals surface area contributed by atoms with Gasteiger partial charge in [0.05, 0.1) is 0 Å². The van der Waals surface area contributed by atoms with E-state index in [1.807, 2.05) is 0 Å². The minimum atomic E-state index is 0.785. The van der Waals surface area contributed by atoms with Crippen LogP contribution in [0.25, 0.3) is 0 Å². The minimum Gasteiger partial charge on any atom is -0.300 e. The number of rotatable bonds is 7. The van der Waals surface area contributed by atoms with Crippen molar-refractivity contribution in [2.75, 3.05) is 26.2 Å². The molecule has 0 aromatic rings. The first-order valence-corrected chi connectivity index (χ1v) is 12.8. The third kappa shape index (κ3) is 4.07. The summed E-state index contributed by atoms with van der Waals surface area (Å²) in [5.74, 6) is 8.03. The Bertz CT molecular complexity index is 469. The van der Waals surface area contributed by atoms with Gasteiger partial charge in [0.25, 0.3) is 0 Å². The average Bonchev–Trinajstić information content (AvgIpc) is 2.60. The van der Waals surface area contributed by atoms with Crippen LogP contribution in [0, 0.1) is 47.3 Å². The van der Waals surface area contributed by atoms with Crippen LogP contribution in [-0.2, 0) is 0 Å². The van der Waals surface area contributed by atoms with E-state index < -0.39 is 0 Å². The Morgan fingerprint density at radius 2 is 1.04 bits per heavy atom. The zero-order valence-electron chi connectivity index (χ0n) is 19.7. The van der Waals surface area contributed by atoms with Crippen LogP contribution in [0.15, 0.2) is 0 Å². The molecule has 0 amide bonds. The Labute approximate surface area is 175 Å². The van der Waals surface area contributed by atoms with Gasteiger partial charge in [0.1, 0.15) is 0 Å². The minimum absolute atomic E-state index is 0.785. The third-order valence-electron chi connectivity index (χ3n) is 9.86. The van der Waals surface area contributed by atoms with Gasteiger partial charge in [-0.15, -0.1) is 0 Å². The van der Waals surface area contributed by atoms with E-state index in [4.69, 9.17) is 0 Å². The monoisotopic (exact) mass is 388 g/mol. The van der Waals surface area contributed by atoms with Gasteiger partial charge in [-0.3, -0.25) is 0 Å². The molecule has 0 bridgehead atoms. The van der Waals surface area contributed by atoms with E-state index in [1.165, 1.54) is 64.7 Å². The Kier molecular flexibility index (Phi) is 6.48. The van der Waals surface area contributed by atoms with Gasteiger partial charge >= 0.3 is 0 Å². The van der Waals surface area contributed by atoms with Crippen LogP contribution in [0.5, 0.6) is 0 Å². The first-order valence-electron chi connectivity index (χ1n) is 12.8. The number of piperidine rings is 2. The van der Waals surface area contributed by atoms with Crippen LogP contribution >= 0.6 is 0 Å². The maximum Gasteiger partial charge on any atom is 0.00676 e. The number of likely N-dealkylation sites (tertiary alicyclic amines) is 2. The summed E-state index contributed by atoms with van der Waals surface area (Å²) in [4.78, 5) is 5.69. The van der Waals surface area contributed by atoms with Crippen LogP contribution in [0.1, 0.15) is 80.1 Å². The second-order valence-electron chi connectivity index (χ2n) is 12.0. The molecular formula is C26H48N2. The molecule has 28 heavy (non-hydrogen) atoms. The SMILES string of the molecule is CC(C)C1CC2CN(C(C)CCC(C)N3CCC4C(CC4C(C)C)C3)CCC21. The number of hydrogen-bond donors (Lipinski definition) is 0. The number of fused-ring (bicyclic) bond motifs is 2. The molecule has 4 rings (SSSR count). The summed E-state index contributed by atoms with van der Waals surface area (Å²) in [7, 11) is 0. The molecule has 0 aromatic heterocycles. The molecule has 0 spiro atoms. The maximum atomic E-state index is 2.84. The molecule has 2 saturated carbocycles. The van der Waals surface area contributed by atoms with E-state index in [-0.39, 0.29) is 0 Å². The molecule has 0 aromatic carbocycles. The third-order valence-corrected chi connectivity index (χ3v) is 9.86. The number of hydrogen-bond acceptors (Lipinski definition) is 2. The molecule has 2 aliphatic heterocycles. The van der Waals surface area contributed by atoms with E-state index >= 15 is 0 Å². The molecule has 2 nitrogen and oxygen atoms in total. The predicted molar refractivity (Wildman–Crippen MR) is 120 cm³/mol. The summed E-state index contributed by atoms with van der Waals surface area (Å²) < 4.78 is 0. The van der Waals surface area contributed by atoms with Gasteiger partial charge in [-0.1, -0.05) is 27.7 Å². The summed E-state index contributed by atoms with van der Waals surface area (Å²) in [6, 6.07) is 1.57. The Hall–Kier alpha value is -0.0800. The van der Waals surface area contributed by atoms with Crippen LogP contribution in [-0.4, -0.2) is 48.1 Å². The highest BCUT2D eigenvalue weighted by atomic mass is 15.2. The molecular weight excluding hydrogens is 340 g/mol. The van der Waals surface area contributed by atoms with Crippen LogP contribution in [0.2, 0.25) is 0 Å². The second-order valence-corrected chi connectivity index (χ2v) is 12.0. The summed E-state index contributed by atoms with van der Waals surface area (Å²) in [5.41, 5.74) is 0. The standard InChI is InChI=1S/C26H48N2/c1-17(2)25-13-21-15-27(11-9-23(21)25)19(5)7-8-20(6)28-12-10-24-22(16-28)14-26(24)18(3)4/h17-26H,7-16H2,1-6H3. The molecule has 8 atom stereocenters. The number of nitrogens with zero attached hydrogens (tertiary/aromatic N) is 2. The summed E-state index contributed by atoms with van der Waals surface area (Å²) >= 11 is 0. The van der Waals surface area contributed by atoms with Gasteiger partial charge in [-0.25, -0.2) is 0 Å². The lowest BCUT2D eigenvalue weighted by atomic mass is 9.58. The van der Waals surface area contributed by atoms with Crippen LogP contribution < -0.4 is 0 Å². The fourth-order valence-electron chi connectivity index (χ4n) is 7.62. The highest BCUT2D eigenvalue weighted by Crippen LogP contribution is 2.50. The first kappa shape index (κ1) is 21.2. The molecule has 8 unspecified atom stereocenters. The molecule has 162 valence electrons. The van der Waals surface area contributed by atoms with Crippen molar-refractivity contribution in [1.29, 1.82) is 0 Å². The largest absolute Gasteiger partial charge is 0.300 e. The van der Waals surface area contributed by atoms with E-state index in [0.29, 0.717) is 0 Å². The highest BCUT2D eigenvalue weighted by Gasteiger charge is 2.46. The summed E-state index contributed by atoms with van der Waals surface area (Å²) in [5, 5.41) is 0. The van der Waals surface area contributed by atoms with Gasteiger partial charge in [0.15, 0.2) is 0 Å². The van der Waals surface area contributed by atoms with Crippen LogP contribution in [0.3, 0.4) is 0 Å². The first-order chi connectivity index (χ1) is 13.3. The van der Waals surface area contributed by atoms with Crippen molar-refractivity contribution in [1.82, 2.24) is 9.80 Å². The van der Waals surface area contributed by atoms with E-state index in [1.54, 1.807) is 0 Å². The quantitative estimate of drug-likeness (QED) is 0.546. The lowest BCUT2D eigenvalue weighted by Gasteiger charge is -2.54. The molecule has 2 heteroatoms. The second kappa shape index (κ2) is 8.58. The van der Waals surface area contributed by atoms with Crippen molar-refractivity contribution < 1.29 is 0 Å². The van der Waals surface area contributed by atoms with Gasteiger partial charge in [-0.05, 0) is 113 Å². The van der Waals surface area contributed by atoms with E-state index in [2.05, 4.69) is 51.3 Å². The van der Waals surface area contributed by atoms with Gasteiger partial charge in [0, 0.05) is 25.2 Å². The van der Waals surface area contributed by atoms with Crippen molar-refractivity contribution >= 4 is 0 Å². The zero-order valence-corrected chi connectivity index (χ0v) is 19.7. The Balaban J connectivity index is 1.17. The molecule has 0 N–H and O–H groups in total. The van der Waals surface area contributed by atoms with Crippen molar-refractivity contribution in [2.45, 2.75) is 92.2 Å².